The highest BCUT2D eigenvalue weighted by atomic mass is 19.1. The van der Waals surface area contributed by atoms with Crippen LogP contribution in [-0.2, 0) is 6.42 Å². The van der Waals surface area contributed by atoms with Crippen molar-refractivity contribution in [3.63, 3.8) is 0 Å². The summed E-state index contributed by atoms with van der Waals surface area (Å²) in [5.74, 6) is 3.43. The number of allylic oxidation sites excluding steroid dienone is 4. The fraction of sp³-hybridized carbons (Fsp3) is 0.593. The number of benzene rings is 1. The van der Waals surface area contributed by atoms with Gasteiger partial charge in [-0.2, -0.15) is 5.26 Å². The van der Waals surface area contributed by atoms with E-state index in [0.29, 0.717) is 5.92 Å². The first-order valence-electron chi connectivity index (χ1n) is 11.7. The van der Waals surface area contributed by atoms with Crippen molar-refractivity contribution >= 4 is 0 Å². The Kier molecular flexibility index (Phi) is 9.00. The molecule has 2 aliphatic carbocycles. The zero-order chi connectivity index (χ0) is 20.3. The van der Waals surface area contributed by atoms with Crippen LogP contribution in [0.25, 0.3) is 0 Å². The van der Waals surface area contributed by atoms with E-state index in [1.165, 1.54) is 76.2 Å². The Balaban J connectivity index is 1.28. The van der Waals surface area contributed by atoms with E-state index in [4.69, 9.17) is 5.26 Å². The molecule has 3 rings (SSSR count). The Labute approximate surface area is 176 Å². The van der Waals surface area contributed by atoms with Crippen LogP contribution in [0, 0.1) is 40.8 Å². The molecule has 0 spiro atoms. The largest absolute Gasteiger partial charge is 0.207 e. The summed E-state index contributed by atoms with van der Waals surface area (Å²) in [6.07, 6.45) is 23.9. The molecule has 0 amide bonds. The van der Waals surface area contributed by atoms with E-state index < -0.39 is 0 Å². The number of nitriles is 1. The summed E-state index contributed by atoms with van der Waals surface area (Å²) in [7, 11) is 0. The van der Waals surface area contributed by atoms with Crippen molar-refractivity contribution in [3.8, 4) is 6.07 Å². The Bertz CT molecular complexity index is 680. The maximum atomic E-state index is 13.0. The number of unbranched alkanes of at least 4 members (excludes halogenated alkanes) is 1. The molecule has 0 aromatic heterocycles. The van der Waals surface area contributed by atoms with E-state index in [1.807, 2.05) is 24.3 Å². The maximum absolute atomic E-state index is 13.0. The topological polar surface area (TPSA) is 23.8 Å². The molecule has 1 aromatic carbocycles. The number of halogens is 1. The summed E-state index contributed by atoms with van der Waals surface area (Å²) in [4.78, 5) is 0. The minimum Gasteiger partial charge on any atom is -0.207 e. The van der Waals surface area contributed by atoms with Crippen LogP contribution in [0.1, 0.15) is 76.2 Å². The molecule has 0 bridgehead atoms. The monoisotopic (exact) mass is 393 g/mol. The van der Waals surface area contributed by atoms with Gasteiger partial charge in [0.2, 0.25) is 0 Å². The van der Waals surface area contributed by atoms with E-state index in [9.17, 15) is 4.39 Å². The number of hydrogen-bond donors (Lipinski definition) is 0. The van der Waals surface area contributed by atoms with Gasteiger partial charge in [0.1, 0.15) is 5.82 Å². The Morgan fingerprint density at radius 1 is 0.862 bits per heavy atom. The average Bonchev–Trinajstić information content (AvgIpc) is 2.76. The van der Waals surface area contributed by atoms with E-state index in [2.05, 4.69) is 12.2 Å². The van der Waals surface area contributed by atoms with Gasteiger partial charge in [0.15, 0.2) is 0 Å². The highest BCUT2D eigenvalue weighted by Gasteiger charge is 2.30. The second-order valence-corrected chi connectivity index (χ2v) is 9.20. The SMILES string of the molecule is N#C/C=C/C=C/C1CCC([C@H]2CC[C@H](CCCCc3ccc(F)cc3)CC2)CC1. The van der Waals surface area contributed by atoms with Crippen LogP contribution < -0.4 is 0 Å². The Hall–Kier alpha value is -1.88. The summed E-state index contributed by atoms with van der Waals surface area (Å²) in [6, 6.07) is 9.04. The summed E-state index contributed by atoms with van der Waals surface area (Å²) in [5, 5.41) is 8.53. The van der Waals surface area contributed by atoms with Gasteiger partial charge in [0.05, 0.1) is 6.07 Å². The standard InChI is InChI=1S/C27H36FN/c28-27-19-13-24(14-20-27)8-4-3-7-23-11-17-26(18-12-23)25-15-9-22(10-16-25)6-2-1-5-21-29/h1-2,5-6,13-14,19-20,22-23,25-26H,3-4,7-12,15-18H2/b5-1+,6-2+/t22?,23-,25?,26-. The highest BCUT2D eigenvalue weighted by molar-refractivity contribution is 5.16. The molecule has 1 nitrogen and oxygen atoms in total. The summed E-state index contributed by atoms with van der Waals surface area (Å²) in [5.41, 5.74) is 1.27. The first-order valence-corrected chi connectivity index (χ1v) is 11.7. The first kappa shape index (κ1) is 21.8. The smallest absolute Gasteiger partial charge is 0.123 e. The highest BCUT2D eigenvalue weighted by Crippen LogP contribution is 2.42. The van der Waals surface area contributed by atoms with Gasteiger partial charge in [-0.1, -0.05) is 56.0 Å². The van der Waals surface area contributed by atoms with Gasteiger partial charge in [-0.15, -0.1) is 0 Å². The van der Waals surface area contributed by atoms with E-state index >= 15 is 0 Å². The van der Waals surface area contributed by atoms with Crippen LogP contribution in [0.15, 0.2) is 48.6 Å². The van der Waals surface area contributed by atoms with Crippen LogP contribution in [0.5, 0.6) is 0 Å². The number of hydrogen-bond acceptors (Lipinski definition) is 1. The van der Waals surface area contributed by atoms with Crippen LogP contribution in [0.4, 0.5) is 4.39 Å². The van der Waals surface area contributed by atoms with Crippen molar-refractivity contribution in [2.24, 2.45) is 23.7 Å². The summed E-state index contributed by atoms with van der Waals surface area (Å²) < 4.78 is 13.0. The average molecular weight is 394 g/mol. The molecular formula is C27H36FN. The molecule has 2 saturated carbocycles. The Morgan fingerprint density at radius 2 is 1.52 bits per heavy atom. The molecule has 156 valence electrons. The summed E-state index contributed by atoms with van der Waals surface area (Å²) in [6.45, 7) is 0. The number of rotatable bonds is 8. The van der Waals surface area contributed by atoms with Gasteiger partial charge in [-0.3, -0.25) is 0 Å². The molecule has 0 aliphatic heterocycles. The van der Waals surface area contributed by atoms with Crippen molar-refractivity contribution in [3.05, 3.63) is 60.0 Å². The fourth-order valence-corrected chi connectivity index (χ4v) is 5.49. The fourth-order valence-electron chi connectivity index (χ4n) is 5.49. The van der Waals surface area contributed by atoms with Gasteiger partial charge in [0, 0.05) is 6.08 Å². The van der Waals surface area contributed by atoms with Crippen LogP contribution in [-0.4, -0.2) is 0 Å². The molecule has 0 radical (unpaired) electrons. The third kappa shape index (κ3) is 7.46. The molecule has 0 unspecified atom stereocenters. The number of nitrogens with zero attached hydrogens (tertiary/aromatic N) is 1. The lowest BCUT2D eigenvalue weighted by Gasteiger charge is -2.37. The van der Waals surface area contributed by atoms with Crippen LogP contribution in [0.3, 0.4) is 0 Å². The van der Waals surface area contributed by atoms with Crippen molar-refractivity contribution in [2.75, 3.05) is 0 Å². The third-order valence-corrected chi connectivity index (χ3v) is 7.28. The maximum Gasteiger partial charge on any atom is 0.123 e. The third-order valence-electron chi connectivity index (χ3n) is 7.28. The van der Waals surface area contributed by atoms with Crippen molar-refractivity contribution in [1.82, 2.24) is 0 Å². The lowest BCUT2D eigenvalue weighted by atomic mass is 9.68. The van der Waals surface area contributed by atoms with E-state index in [1.54, 1.807) is 18.2 Å². The molecule has 0 saturated heterocycles. The summed E-state index contributed by atoms with van der Waals surface area (Å²) >= 11 is 0. The quantitative estimate of drug-likeness (QED) is 0.251. The molecule has 0 N–H and O–H groups in total. The number of aryl methyl sites for hydroxylation is 1. The van der Waals surface area contributed by atoms with Crippen molar-refractivity contribution < 1.29 is 4.39 Å². The molecule has 2 fully saturated rings. The zero-order valence-corrected chi connectivity index (χ0v) is 17.7. The Morgan fingerprint density at radius 3 is 2.17 bits per heavy atom. The van der Waals surface area contributed by atoms with Crippen LogP contribution in [0.2, 0.25) is 0 Å². The van der Waals surface area contributed by atoms with Gasteiger partial charge >= 0.3 is 0 Å². The lowest BCUT2D eigenvalue weighted by Crippen LogP contribution is -2.25. The second-order valence-electron chi connectivity index (χ2n) is 9.20. The molecular weight excluding hydrogens is 357 g/mol. The predicted octanol–water partition coefficient (Wildman–Crippen LogP) is 7.79. The molecule has 29 heavy (non-hydrogen) atoms. The van der Waals surface area contributed by atoms with Gasteiger partial charge < -0.3 is 0 Å². The molecule has 0 atom stereocenters. The van der Waals surface area contributed by atoms with Gasteiger partial charge in [0.25, 0.3) is 0 Å². The molecule has 1 aromatic rings. The normalized spacial score (nSPS) is 28.0. The molecule has 0 heterocycles. The predicted molar refractivity (Wildman–Crippen MR) is 119 cm³/mol. The second kappa shape index (κ2) is 12.0. The first-order chi connectivity index (χ1) is 14.2. The van der Waals surface area contributed by atoms with Crippen molar-refractivity contribution in [1.29, 1.82) is 5.26 Å². The lowest BCUT2D eigenvalue weighted by molar-refractivity contribution is 0.151. The van der Waals surface area contributed by atoms with Crippen molar-refractivity contribution in [2.45, 2.75) is 77.0 Å². The van der Waals surface area contributed by atoms with Gasteiger partial charge in [-0.05, 0) is 92.7 Å². The van der Waals surface area contributed by atoms with E-state index in [-0.39, 0.29) is 5.82 Å². The van der Waals surface area contributed by atoms with E-state index in [0.717, 1.165) is 24.2 Å². The zero-order valence-electron chi connectivity index (χ0n) is 17.7. The minimum absolute atomic E-state index is 0.136. The molecule has 2 heteroatoms. The molecule has 2 aliphatic rings. The van der Waals surface area contributed by atoms with Crippen LogP contribution >= 0.6 is 0 Å². The minimum atomic E-state index is -0.136. The van der Waals surface area contributed by atoms with Gasteiger partial charge in [-0.25, -0.2) is 4.39 Å².